The van der Waals surface area contributed by atoms with Gasteiger partial charge in [-0.1, -0.05) is 94.6 Å². The number of amides is 2. The van der Waals surface area contributed by atoms with Gasteiger partial charge in [-0.15, -0.1) is 15.0 Å². The number of hydrazone groups is 1. The molecule has 2 unspecified atom stereocenters. The van der Waals surface area contributed by atoms with E-state index in [4.69, 9.17) is 5.10 Å². The Kier molecular flexibility index (Phi) is 12.5. The maximum atomic E-state index is 13.9. The average molecular weight is 707 g/mol. The molecule has 11 heteroatoms. The lowest BCUT2D eigenvalue weighted by Gasteiger charge is -2.20. The minimum Gasteiger partial charge on any atom is -0.357 e. The first kappa shape index (κ1) is 36.3. The van der Waals surface area contributed by atoms with Crippen molar-refractivity contribution in [2.45, 2.75) is 108 Å². The maximum absolute atomic E-state index is 13.9. The van der Waals surface area contributed by atoms with Crippen LogP contribution in [0.2, 0.25) is 0 Å². The van der Waals surface area contributed by atoms with Crippen molar-refractivity contribution in [1.29, 1.82) is 0 Å². The number of benzene rings is 3. The topological polar surface area (TPSA) is 109 Å². The smallest absolute Gasteiger partial charge is 0.268 e. The molecule has 2 aliphatic rings. The fourth-order valence-electron chi connectivity index (χ4n) is 6.89. The third-order valence-corrected chi connectivity index (χ3v) is 10.7. The van der Waals surface area contributed by atoms with E-state index in [0.29, 0.717) is 28.8 Å². The van der Waals surface area contributed by atoms with Gasteiger partial charge in [-0.05, 0) is 103 Å². The number of nitrogens with one attached hydrogen (secondary N) is 1. The fourth-order valence-corrected chi connectivity index (χ4v) is 7.81. The molecule has 0 aliphatic carbocycles. The quantitative estimate of drug-likeness (QED) is 0.117. The van der Waals surface area contributed by atoms with Gasteiger partial charge in [-0.3, -0.25) is 9.59 Å². The van der Waals surface area contributed by atoms with Crippen LogP contribution in [0.4, 0.5) is 11.4 Å². The van der Waals surface area contributed by atoms with Gasteiger partial charge in [0, 0.05) is 18.8 Å². The number of aromatic nitrogens is 4. The summed E-state index contributed by atoms with van der Waals surface area (Å²) in [7, 11) is 0. The molecule has 1 fully saturated rings. The van der Waals surface area contributed by atoms with Gasteiger partial charge in [-0.2, -0.15) is 10.1 Å². The number of carbonyl (C=O) groups is 2. The zero-order chi connectivity index (χ0) is 35.6. The monoisotopic (exact) mass is 706 g/mol. The molecule has 0 spiro atoms. The number of hydrogen-bond acceptors (Lipinski definition) is 8. The molecule has 2 amide bonds. The molecule has 2 atom stereocenters. The van der Waals surface area contributed by atoms with Crippen molar-refractivity contribution in [2.24, 2.45) is 5.10 Å². The first-order chi connectivity index (χ1) is 25.0. The summed E-state index contributed by atoms with van der Waals surface area (Å²) < 4.78 is 0. The van der Waals surface area contributed by atoms with Crippen molar-refractivity contribution in [1.82, 2.24) is 25.1 Å². The Morgan fingerprint density at radius 2 is 1.61 bits per heavy atom. The van der Waals surface area contributed by atoms with Crippen LogP contribution in [0.5, 0.6) is 0 Å². The summed E-state index contributed by atoms with van der Waals surface area (Å²) in [6, 6.07) is 23.7. The molecule has 0 bridgehead atoms. The summed E-state index contributed by atoms with van der Waals surface area (Å²) in [6.45, 7) is 8.25. The van der Waals surface area contributed by atoms with Crippen molar-refractivity contribution < 1.29 is 9.59 Å². The van der Waals surface area contributed by atoms with Crippen LogP contribution >= 0.6 is 11.8 Å². The van der Waals surface area contributed by atoms with Gasteiger partial charge < -0.3 is 10.2 Å². The Labute approximate surface area is 306 Å². The molecular weight excluding hydrogens is 657 g/mol. The van der Waals surface area contributed by atoms with Gasteiger partial charge in [0.05, 0.1) is 17.3 Å². The van der Waals surface area contributed by atoms with Crippen LogP contribution in [0.1, 0.15) is 101 Å². The summed E-state index contributed by atoms with van der Waals surface area (Å²) in [5, 5.41) is 22.3. The highest BCUT2D eigenvalue weighted by Gasteiger charge is 2.42. The largest absolute Gasteiger partial charge is 0.357 e. The number of anilines is 2. The molecule has 10 nitrogen and oxygen atoms in total. The third kappa shape index (κ3) is 8.87. The molecule has 0 saturated carbocycles. The van der Waals surface area contributed by atoms with E-state index in [1.54, 1.807) is 0 Å². The zero-order valence-electron chi connectivity index (χ0n) is 30.1. The Bertz CT molecular complexity index is 1790. The van der Waals surface area contributed by atoms with Crippen LogP contribution < -0.4 is 10.3 Å². The van der Waals surface area contributed by atoms with Crippen LogP contribution in [0.3, 0.4) is 0 Å². The van der Waals surface area contributed by atoms with Gasteiger partial charge in [0.15, 0.2) is 5.25 Å². The lowest BCUT2D eigenvalue weighted by Crippen LogP contribution is -2.37. The SMILES string of the molecule is CCCCCc1ccc(C(CC)C(=O)Nc2ccc(N3N=C(N4CCCC4)C(Sc4nnn(-c5ccccc5)n4)C3=O)cc2)c(CCCCC)c1. The van der Waals surface area contributed by atoms with E-state index in [1.807, 2.05) is 54.6 Å². The summed E-state index contributed by atoms with van der Waals surface area (Å²) >= 11 is 1.27. The van der Waals surface area contributed by atoms with E-state index in [9.17, 15) is 9.59 Å². The number of unbranched alkanes of at least 4 members (excludes halogenated alkanes) is 4. The van der Waals surface area contributed by atoms with E-state index in [0.717, 1.165) is 56.4 Å². The normalized spacial score (nSPS) is 16.5. The number of amidine groups is 1. The summed E-state index contributed by atoms with van der Waals surface area (Å²) in [5.41, 5.74) is 5.93. The molecular formula is C40H50N8O2S. The number of tetrazole rings is 1. The van der Waals surface area contributed by atoms with Crippen LogP contribution in [-0.4, -0.2) is 61.1 Å². The summed E-state index contributed by atoms with van der Waals surface area (Å²) in [4.78, 5) is 31.4. The maximum Gasteiger partial charge on any atom is 0.268 e. The van der Waals surface area contributed by atoms with Gasteiger partial charge in [0.1, 0.15) is 5.84 Å². The van der Waals surface area contributed by atoms with Crippen molar-refractivity contribution >= 4 is 40.8 Å². The summed E-state index contributed by atoms with van der Waals surface area (Å²) in [5.74, 6) is 0.298. The number of thioether (sulfide) groups is 1. The fraction of sp³-hybridized carbons (Fsp3) is 0.450. The van der Waals surface area contributed by atoms with Gasteiger partial charge in [0.25, 0.3) is 5.91 Å². The second-order valence-electron chi connectivity index (χ2n) is 13.4. The molecule has 6 rings (SSSR count). The molecule has 3 heterocycles. The van der Waals surface area contributed by atoms with Gasteiger partial charge in [0.2, 0.25) is 11.1 Å². The van der Waals surface area contributed by atoms with E-state index >= 15 is 0 Å². The minimum atomic E-state index is -0.592. The number of aryl methyl sites for hydroxylation is 2. The van der Waals surface area contributed by atoms with Gasteiger partial charge in [-0.25, -0.2) is 0 Å². The Morgan fingerprint density at radius 1 is 0.882 bits per heavy atom. The first-order valence-corrected chi connectivity index (χ1v) is 19.6. The van der Waals surface area contributed by atoms with Crippen LogP contribution in [0.25, 0.3) is 5.69 Å². The second-order valence-corrected chi connectivity index (χ2v) is 14.5. The van der Waals surface area contributed by atoms with E-state index in [1.165, 1.54) is 64.8 Å². The van der Waals surface area contributed by atoms with Crippen molar-refractivity contribution in [3.63, 3.8) is 0 Å². The molecule has 2 aliphatic heterocycles. The molecule has 3 aromatic carbocycles. The van der Waals surface area contributed by atoms with Crippen LogP contribution in [0.15, 0.2) is 83.1 Å². The standard InChI is InChI=1S/C40H50N8O2S/c1-4-7-10-16-29-20-25-35(30(28-29)17-11-8-5-2)34(6-3)38(49)41-31-21-23-32(24-22-31)47-39(50)36(37(43-47)46-26-14-15-27-46)51-40-42-45-48(44-40)33-18-12-9-13-19-33/h9,12-13,18-25,28,34,36H,4-8,10-11,14-17,26-27H2,1-3H3,(H,41,49). The molecule has 268 valence electrons. The predicted octanol–water partition coefficient (Wildman–Crippen LogP) is 8.18. The Balaban J connectivity index is 1.16. The van der Waals surface area contributed by atoms with E-state index in [-0.39, 0.29) is 17.7 Å². The predicted molar refractivity (Wildman–Crippen MR) is 206 cm³/mol. The highest BCUT2D eigenvalue weighted by atomic mass is 32.2. The molecule has 1 N–H and O–H groups in total. The Morgan fingerprint density at radius 3 is 2.31 bits per heavy atom. The number of nitrogens with zero attached hydrogens (tertiary/aromatic N) is 7. The zero-order valence-corrected chi connectivity index (χ0v) is 30.9. The number of carbonyl (C=O) groups excluding carboxylic acids is 2. The first-order valence-electron chi connectivity index (χ1n) is 18.7. The molecule has 1 saturated heterocycles. The number of hydrogen-bond donors (Lipinski definition) is 1. The molecule has 0 radical (unpaired) electrons. The summed E-state index contributed by atoms with van der Waals surface area (Å²) in [6.07, 6.45) is 12.0. The average Bonchev–Trinajstić information content (AvgIpc) is 3.92. The van der Waals surface area contributed by atoms with E-state index < -0.39 is 5.25 Å². The van der Waals surface area contributed by atoms with Gasteiger partial charge >= 0.3 is 0 Å². The second kappa shape index (κ2) is 17.6. The molecule has 51 heavy (non-hydrogen) atoms. The minimum absolute atomic E-state index is 0.0140. The lowest BCUT2D eigenvalue weighted by atomic mass is 9.87. The van der Waals surface area contributed by atoms with Crippen molar-refractivity contribution in [3.05, 3.63) is 89.5 Å². The van der Waals surface area contributed by atoms with Crippen molar-refractivity contribution in [3.8, 4) is 5.69 Å². The highest BCUT2D eigenvalue weighted by Crippen LogP contribution is 2.34. The number of para-hydroxylation sites is 1. The van der Waals surface area contributed by atoms with E-state index in [2.05, 4.69) is 64.6 Å². The molecule has 4 aromatic rings. The lowest BCUT2D eigenvalue weighted by molar-refractivity contribution is -0.118. The van der Waals surface area contributed by atoms with Crippen LogP contribution in [-0.2, 0) is 22.4 Å². The highest BCUT2D eigenvalue weighted by molar-refractivity contribution is 8.01. The van der Waals surface area contributed by atoms with Crippen molar-refractivity contribution in [2.75, 3.05) is 23.4 Å². The number of rotatable bonds is 16. The van der Waals surface area contributed by atoms with Crippen LogP contribution in [0, 0.1) is 0 Å². The molecule has 1 aromatic heterocycles. The third-order valence-electron chi connectivity index (χ3n) is 9.71. The number of likely N-dealkylation sites (tertiary alicyclic amines) is 1. The Hall–Kier alpha value is -4.51.